The van der Waals surface area contributed by atoms with Crippen LogP contribution in [0.2, 0.25) is 0 Å². The number of anilines is 1. The second-order valence-electron chi connectivity index (χ2n) is 2.70. The van der Waals surface area contributed by atoms with E-state index in [2.05, 4.69) is 12.0 Å². The molecule has 4 nitrogen and oxygen atoms in total. The SMILES string of the molecule is CCCCn1ncc(N)cc1=O. The lowest BCUT2D eigenvalue weighted by atomic mass is 10.3. The fraction of sp³-hybridized carbons (Fsp3) is 0.500. The molecule has 1 aromatic rings. The minimum absolute atomic E-state index is 0.122. The highest BCUT2D eigenvalue weighted by Gasteiger charge is 1.95. The van der Waals surface area contributed by atoms with E-state index in [1.165, 1.54) is 16.9 Å². The van der Waals surface area contributed by atoms with Gasteiger partial charge in [0.1, 0.15) is 0 Å². The van der Waals surface area contributed by atoms with Gasteiger partial charge in [0.25, 0.3) is 5.56 Å². The van der Waals surface area contributed by atoms with Gasteiger partial charge < -0.3 is 5.73 Å². The number of aryl methyl sites for hydroxylation is 1. The molecule has 1 heterocycles. The number of nitrogens with two attached hydrogens (primary N) is 1. The lowest BCUT2D eigenvalue weighted by molar-refractivity contribution is 0.543. The Morgan fingerprint density at radius 3 is 3.00 bits per heavy atom. The minimum atomic E-state index is -0.122. The molecule has 0 spiro atoms. The third kappa shape index (κ3) is 2.08. The van der Waals surface area contributed by atoms with Gasteiger partial charge in [-0.1, -0.05) is 13.3 Å². The van der Waals surface area contributed by atoms with Crippen molar-refractivity contribution in [3.05, 3.63) is 22.6 Å². The summed E-state index contributed by atoms with van der Waals surface area (Å²) in [5.74, 6) is 0. The van der Waals surface area contributed by atoms with Crippen LogP contribution < -0.4 is 11.3 Å². The first-order valence-electron chi connectivity index (χ1n) is 4.06. The summed E-state index contributed by atoms with van der Waals surface area (Å²) in [7, 11) is 0. The van der Waals surface area contributed by atoms with Gasteiger partial charge in [0, 0.05) is 12.6 Å². The molecule has 2 N–H and O–H groups in total. The fourth-order valence-electron chi connectivity index (χ4n) is 0.923. The molecule has 0 aliphatic rings. The number of unbranched alkanes of at least 4 members (excludes halogenated alkanes) is 1. The molecule has 0 radical (unpaired) electrons. The lowest BCUT2D eigenvalue weighted by Gasteiger charge is -2.01. The molecule has 0 fully saturated rings. The molecule has 1 aromatic heterocycles. The number of hydrogen-bond donors (Lipinski definition) is 1. The monoisotopic (exact) mass is 167 g/mol. The highest BCUT2D eigenvalue weighted by atomic mass is 16.1. The Morgan fingerprint density at radius 2 is 2.42 bits per heavy atom. The standard InChI is InChI=1S/C8H13N3O/c1-2-3-4-11-8(12)5-7(9)6-10-11/h5-6H,2-4,9H2,1H3. The number of hydrogen-bond acceptors (Lipinski definition) is 3. The summed E-state index contributed by atoms with van der Waals surface area (Å²) in [6.45, 7) is 2.75. The summed E-state index contributed by atoms with van der Waals surface area (Å²) in [5.41, 5.74) is 5.68. The van der Waals surface area contributed by atoms with Crippen molar-refractivity contribution in [3.8, 4) is 0 Å². The summed E-state index contributed by atoms with van der Waals surface area (Å²) in [6, 6.07) is 1.39. The Kier molecular flexibility index (Phi) is 2.85. The lowest BCUT2D eigenvalue weighted by Crippen LogP contribution is -2.22. The third-order valence-electron chi connectivity index (χ3n) is 1.61. The molecule has 4 heteroatoms. The van der Waals surface area contributed by atoms with Crippen LogP contribution in [0.1, 0.15) is 19.8 Å². The van der Waals surface area contributed by atoms with E-state index in [0.29, 0.717) is 12.2 Å². The molecule has 1 rings (SSSR count). The van der Waals surface area contributed by atoms with Gasteiger partial charge in [-0.3, -0.25) is 4.79 Å². The zero-order valence-electron chi connectivity index (χ0n) is 7.16. The van der Waals surface area contributed by atoms with Crippen molar-refractivity contribution in [1.82, 2.24) is 9.78 Å². The first-order chi connectivity index (χ1) is 5.74. The summed E-state index contributed by atoms with van der Waals surface area (Å²) in [6.07, 6.45) is 3.52. The Hall–Kier alpha value is -1.32. The van der Waals surface area contributed by atoms with Crippen LogP contribution in [0.4, 0.5) is 5.69 Å². The van der Waals surface area contributed by atoms with Crippen LogP contribution in [0.3, 0.4) is 0 Å². The molecule has 12 heavy (non-hydrogen) atoms. The average Bonchev–Trinajstić information content (AvgIpc) is 2.03. The molecule has 0 atom stereocenters. The van der Waals surface area contributed by atoms with Gasteiger partial charge in [0.15, 0.2) is 0 Å². The highest BCUT2D eigenvalue weighted by Crippen LogP contribution is 1.93. The van der Waals surface area contributed by atoms with E-state index in [0.717, 1.165) is 12.8 Å². The number of nitrogens with zero attached hydrogens (tertiary/aromatic N) is 2. The van der Waals surface area contributed by atoms with E-state index in [9.17, 15) is 4.79 Å². The predicted octanol–water partition coefficient (Wildman–Crippen LogP) is 0.626. The third-order valence-corrected chi connectivity index (χ3v) is 1.61. The van der Waals surface area contributed by atoms with Crippen molar-refractivity contribution in [2.45, 2.75) is 26.3 Å². The Balaban J connectivity index is 2.80. The summed E-state index contributed by atoms with van der Waals surface area (Å²) in [4.78, 5) is 11.2. The van der Waals surface area contributed by atoms with Crippen molar-refractivity contribution in [2.24, 2.45) is 0 Å². The summed E-state index contributed by atoms with van der Waals surface area (Å²) < 4.78 is 1.43. The maximum absolute atomic E-state index is 11.2. The quantitative estimate of drug-likeness (QED) is 0.718. The Morgan fingerprint density at radius 1 is 1.67 bits per heavy atom. The van der Waals surface area contributed by atoms with Crippen LogP contribution in [0.25, 0.3) is 0 Å². The molecule has 0 bridgehead atoms. The molecule has 0 aliphatic carbocycles. The normalized spacial score (nSPS) is 10.1. The molecule has 0 amide bonds. The molecule has 66 valence electrons. The van der Waals surface area contributed by atoms with Crippen molar-refractivity contribution in [2.75, 3.05) is 5.73 Å². The second kappa shape index (κ2) is 3.90. The van der Waals surface area contributed by atoms with Crippen LogP contribution in [-0.2, 0) is 6.54 Å². The van der Waals surface area contributed by atoms with Gasteiger partial charge in [-0.25, -0.2) is 4.68 Å². The van der Waals surface area contributed by atoms with Crippen LogP contribution in [0, 0.1) is 0 Å². The minimum Gasteiger partial charge on any atom is -0.397 e. The Labute approximate surface area is 71.0 Å². The van der Waals surface area contributed by atoms with E-state index < -0.39 is 0 Å². The van der Waals surface area contributed by atoms with Crippen LogP contribution in [-0.4, -0.2) is 9.78 Å². The van der Waals surface area contributed by atoms with Crippen LogP contribution in [0.15, 0.2) is 17.1 Å². The van der Waals surface area contributed by atoms with Gasteiger partial charge in [-0.2, -0.15) is 5.10 Å². The van der Waals surface area contributed by atoms with E-state index >= 15 is 0 Å². The van der Waals surface area contributed by atoms with E-state index in [-0.39, 0.29) is 5.56 Å². The molecule has 0 aromatic carbocycles. The van der Waals surface area contributed by atoms with Crippen molar-refractivity contribution in [3.63, 3.8) is 0 Å². The highest BCUT2D eigenvalue weighted by molar-refractivity contribution is 5.31. The predicted molar refractivity (Wildman–Crippen MR) is 47.8 cm³/mol. The van der Waals surface area contributed by atoms with Gasteiger partial charge in [-0.05, 0) is 6.42 Å². The van der Waals surface area contributed by atoms with Gasteiger partial charge >= 0.3 is 0 Å². The molecule has 0 unspecified atom stereocenters. The second-order valence-corrected chi connectivity index (χ2v) is 2.70. The summed E-state index contributed by atoms with van der Waals surface area (Å²) in [5, 5.41) is 3.89. The van der Waals surface area contributed by atoms with Crippen molar-refractivity contribution >= 4 is 5.69 Å². The first-order valence-corrected chi connectivity index (χ1v) is 4.06. The maximum Gasteiger partial charge on any atom is 0.268 e. The van der Waals surface area contributed by atoms with Crippen LogP contribution in [0.5, 0.6) is 0 Å². The zero-order valence-corrected chi connectivity index (χ0v) is 7.16. The van der Waals surface area contributed by atoms with Gasteiger partial charge in [-0.15, -0.1) is 0 Å². The molecular weight excluding hydrogens is 154 g/mol. The van der Waals surface area contributed by atoms with Gasteiger partial charge in [0.2, 0.25) is 0 Å². The molecule has 0 aliphatic heterocycles. The van der Waals surface area contributed by atoms with Gasteiger partial charge in [0.05, 0.1) is 11.9 Å². The Bertz CT molecular complexity index is 305. The number of nitrogen functional groups attached to an aromatic ring is 1. The molecule has 0 saturated carbocycles. The number of aromatic nitrogens is 2. The smallest absolute Gasteiger partial charge is 0.268 e. The average molecular weight is 167 g/mol. The summed E-state index contributed by atoms with van der Waals surface area (Å²) >= 11 is 0. The first kappa shape index (κ1) is 8.77. The molecule has 0 saturated heterocycles. The fourth-order valence-corrected chi connectivity index (χ4v) is 0.923. The molecular formula is C8H13N3O. The topological polar surface area (TPSA) is 60.9 Å². The van der Waals surface area contributed by atoms with Crippen molar-refractivity contribution < 1.29 is 0 Å². The van der Waals surface area contributed by atoms with E-state index in [4.69, 9.17) is 5.73 Å². The van der Waals surface area contributed by atoms with E-state index in [1.807, 2.05) is 0 Å². The number of rotatable bonds is 3. The largest absolute Gasteiger partial charge is 0.397 e. The zero-order chi connectivity index (χ0) is 8.97. The van der Waals surface area contributed by atoms with E-state index in [1.54, 1.807) is 0 Å². The van der Waals surface area contributed by atoms with Crippen molar-refractivity contribution in [1.29, 1.82) is 0 Å². The van der Waals surface area contributed by atoms with Crippen LogP contribution >= 0.6 is 0 Å². The maximum atomic E-state index is 11.2.